The van der Waals surface area contributed by atoms with Gasteiger partial charge in [-0.1, -0.05) is 12.6 Å². The molecule has 0 saturated carbocycles. The fraction of sp³-hybridized carbons (Fsp3) is 0. The molecule has 1 aromatic heterocycles. The van der Waals surface area contributed by atoms with Crippen molar-refractivity contribution >= 4 is 6.08 Å². The first-order valence-electron chi connectivity index (χ1n) is 2.47. The van der Waals surface area contributed by atoms with Gasteiger partial charge in [-0.25, -0.2) is 0 Å². The van der Waals surface area contributed by atoms with Crippen LogP contribution >= 0.6 is 0 Å². The Hall–Kier alpha value is -0.487. The Kier molecular flexibility index (Phi) is 4.16. The normalized spacial score (nSPS) is 7.56. The molecule has 1 nitrogen and oxygen atoms in total. The third-order valence-electron chi connectivity index (χ3n) is 0.897. The van der Waals surface area contributed by atoms with Crippen LogP contribution in [0, 0.1) is 0 Å². The van der Waals surface area contributed by atoms with Gasteiger partial charge in [0.1, 0.15) is 0 Å². The largest absolute Gasteiger partial charge is 0.257 e. The van der Waals surface area contributed by atoms with Gasteiger partial charge in [0, 0.05) is 25.7 Å². The van der Waals surface area contributed by atoms with Crippen molar-refractivity contribution in [1.29, 1.82) is 0 Å². The Morgan fingerprint density at radius 1 is 1.44 bits per heavy atom. The summed E-state index contributed by atoms with van der Waals surface area (Å²) in [6.07, 6.45) is 3.47. The Labute approximate surface area is 67.6 Å². The number of aromatic nitrogens is 1. The van der Waals surface area contributed by atoms with Gasteiger partial charge in [-0.15, -0.1) is 0 Å². The molecular weight excluding hydrogens is 163 g/mol. The van der Waals surface area contributed by atoms with E-state index in [0.717, 1.165) is 5.69 Å². The van der Waals surface area contributed by atoms with Crippen molar-refractivity contribution < 1.29 is 19.5 Å². The van der Waals surface area contributed by atoms with Crippen molar-refractivity contribution in [1.82, 2.24) is 4.98 Å². The van der Waals surface area contributed by atoms with Gasteiger partial charge in [-0.3, -0.25) is 4.98 Å². The molecule has 1 rings (SSSR count). The molecule has 1 heterocycles. The summed E-state index contributed by atoms with van der Waals surface area (Å²) in [5.41, 5.74) is 0.924. The number of pyridine rings is 1. The minimum atomic E-state index is 0. The number of rotatable bonds is 1. The topological polar surface area (TPSA) is 12.9 Å². The van der Waals surface area contributed by atoms with E-state index in [4.69, 9.17) is 0 Å². The fourth-order valence-corrected chi connectivity index (χ4v) is 0.497. The van der Waals surface area contributed by atoms with Crippen molar-refractivity contribution in [2.45, 2.75) is 0 Å². The second kappa shape index (κ2) is 4.40. The van der Waals surface area contributed by atoms with E-state index in [1.54, 1.807) is 12.3 Å². The molecule has 0 fully saturated rings. The van der Waals surface area contributed by atoms with E-state index in [1.165, 1.54) is 0 Å². The summed E-state index contributed by atoms with van der Waals surface area (Å²) < 4.78 is 0. The second-order valence-electron chi connectivity index (χ2n) is 1.46. The Bertz CT molecular complexity index is 172. The van der Waals surface area contributed by atoms with Crippen LogP contribution in [-0.2, 0) is 19.5 Å². The van der Waals surface area contributed by atoms with Crippen LogP contribution in [0.1, 0.15) is 5.69 Å². The van der Waals surface area contributed by atoms with Gasteiger partial charge < -0.3 is 0 Å². The van der Waals surface area contributed by atoms with E-state index < -0.39 is 0 Å². The van der Waals surface area contributed by atoms with E-state index in [2.05, 4.69) is 11.6 Å². The number of hydrogen-bond acceptors (Lipinski definition) is 1. The quantitative estimate of drug-likeness (QED) is 0.585. The Morgan fingerprint density at radius 3 is 2.56 bits per heavy atom. The van der Waals surface area contributed by atoms with Crippen molar-refractivity contribution in [3.8, 4) is 0 Å². The van der Waals surface area contributed by atoms with Crippen LogP contribution in [0.5, 0.6) is 0 Å². The van der Waals surface area contributed by atoms with E-state index in [0.29, 0.717) is 0 Å². The van der Waals surface area contributed by atoms with Gasteiger partial charge >= 0.3 is 0 Å². The molecule has 0 aliphatic heterocycles. The van der Waals surface area contributed by atoms with E-state index in [9.17, 15) is 0 Å². The average Bonchev–Trinajstić information content (AvgIpc) is 1.90. The van der Waals surface area contributed by atoms with E-state index in [-0.39, 0.29) is 19.5 Å². The SMILES string of the molecule is C=Cc1ccccn1.[Zn]. The zero-order valence-electron chi connectivity index (χ0n) is 5.25. The maximum atomic E-state index is 3.98. The van der Waals surface area contributed by atoms with Gasteiger partial charge in [-0.05, 0) is 18.2 Å². The van der Waals surface area contributed by atoms with Crippen LogP contribution in [0.3, 0.4) is 0 Å². The van der Waals surface area contributed by atoms with Gasteiger partial charge in [-0.2, -0.15) is 0 Å². The predicted molar refractivity (Wildman–Crippen MR) is 34.3 cm³/mol. The molecule has 0 bridgehead atoms. The van der Waals surface area contributed by atoms with E-state index in [1.807, 2.05) is 18.2 Å². The van der Waals surface area contributed by atoms with Crippen molar-refractivity contribution in [2.75, 3.05) is 0 Å². The summed E-state index contributed by atoms with van der Waals surface area (Å²) in [5.74, 6) is 0. The smallest absolute Gasteiger partial charge is 0.0623 e. The molecule has 1 aromatic rings. The van der Waals surface area contributed by atoms with Crippen LogP contribution in [0.15, 0.2) is 31.0 Å². The molecule has 0 saturated heterocycles. The van der Waals surface area contributed by atoms with Crippen LogP contribution in [0.4, 0.5) is 0 Å². The average molecular weight is 171 g/mol. The van der Waals surface area contributed by atoms with Gasteiger partial charge in [0.2, 0.25) is 0 Å². The molecule has 0 unspecified atom stereocenters. The summed E-state index contributed by atoms with van der Waals surface area (Å²) in [7, 11) is 0. The molecule has 0 aromatic carbocycles. The zero-order chi connectivity index (χ0) is 5.82. The number of hydrogen-bond donors (Lipinski definition) is 0. The molecule has 0 atom stereocenters. The first-order valence-corrected chi connectivity index (χ1v) is 2.47. The van der Waals surface area contributed by atoms with Crippen LogP contribution < -0.4 is 0 Å². The summed E-state index contributed by atoms with van der Waals surface area (Å²) in [4.78, 5) is 3.98. The summed E-state index contributed by atoms with van der Waals surface area (Å²) in [5, 5.41) is 0. The molecule has 0 aliphatic rings. The molecular formula is C7H7NZn. The molecule has 9 heavy (non-hydrogen) atoms. The molecule has 0 N–H and O–H groups in total. The first kappa shape index (κ1) is 8.51. The van der Waals surface area contributed by atoms with Gasteiger partial charge in [0.05, 0.1) is 5.69 Å². The minimum Gasteiger partial charge on any atom is -0.257 e. The Balaban J connectivity index is 0.000000640. The number of nitrogens with zero attached hydrogens (tertiary/aromatic N) is 1. The molecule has 42 valence electrons. The maximum absolute atomic E-state index is 3.98. The summed E-state index contributed by atoms with van der Waals surface area (Å²) in [6, 6.07) is 5.73. The fourth-order valence-electron chi connectivity index (χ4n) is 0.497. The van der Waals surface area contributed by atoms with Crippen molar-refractivity contribution in [2.24, 2.45) is 0 Å². The second-order valence-corrected chi connectivity index (χ2v) is 1.46. The predicted octanol–water partition coefficient (Wildman–Crippen LogP) is 1.72. The van der Waals surface area contributed by atoms with Crippen LogP contribution in [0.2, 0.25) is 0 Å². The van der Waals surface area contributed by atoms with Gasteiger partial charge in [0.15, 0.2) is 0 Å². The minimum absolute atomic E-state index is 0. The molecule has 0 radical (unpaired) electrons. The molecule has 0 spiro atoms. The first-order chi connectivity index (χ1) is 3.93. The summed E-state index contributed by atoms with van der Waals surface area (Å²) in [6.45, 7) is 3.57. The molecule has 2 heteroatoms. The molecule has 0 amide bonds. The Morgan fingerprint density at radius 2 is 2.22 bits per heavy atom. The van der Waals surface area contributed by atoms with Gasteiger partial charge in [0.25, 0.3) is 0 Å². The third kappa shape index (κ3) is 2.52. The van der Waals surface area contributed by atoms with Crippen LogP contribution in [0.25, 0.3) is 6.08 Å². The molecule has 0 aliphatic carbocycles. The maximum Gasteiger partial charge on any atom is 0.0623 e. The zero-order valence-corrected chi connectivity index (χ0v) is 8.22. The van der Waals surface area contributed by atoms with Crippen molar-refractivity contribution in [3.63, 3.8) is 0 Å². The monoisotopic (exact) mass is 169 g/mol. The third-order valence-corrected chi connectivity index (χ3v) is 0.897. The van der Waals surface area contributed by atoms with E-state index >= 15 is 0 Å². The standard InChI is InChI=1S/C7H7N.Zn/c1-2-7-5-3-4-6-8-7;/h2-6H,1H2;. The summed E-state index contributed by atoms with van der Waals surface area (Å²) >= 11 is 0. The van der Waals surface area contributed by atoms with Crippen molar-refractivity contribution in [3.05, 3.63) is 36.7 Å². The van der Waals surface area contributed by atoms with Crippen LogP contribution in [-0.4, -0.2) is 4.98 Å².